The molecule has 0 saturated carbocycles. The molecular formula is C17H18N2O4. The molecule has 0 spiro atoms. The number of H-pyrrole nitrogens is 1. The van der Waals surface area contributed by atoms with Crippen molar-refractivity contribution in [2.45, 2.75) is 13.8 Å². The zero-order valence-electron chi connectivity index (χ0n) is 13.0. The topological polar surface area (TPSA) is 76.5 Å². The molecule has 0 aliphatic carbocycles. The van der Waals surface area contributed by atoms with E-state index in [9.17, 15) is 4.79 Å². The van der Waals surface area contributed by atoms with E-state index < -0.39 is 0 Å². The van der Waals surface area contributed by atoms with Crippen molar-refractivity contribution in [2.24, 2.45) is 0 Å². The van der Waals surface area contributed by atoms with Gasteiger partial charge in [0.2, 0.25) is 0 Å². The number of rotatable bonds is 6. The van der Waals surface area contributed by atoms with Crippen molar-refractivity contribution < 1.29 is 18.7 Å². The van der Waals surface area contributed by atoms with Gasteiger partial charge in [0.05, 0.1) is 25.0 Å². The molecule has 0 fully saturated rings. The molecule has 0 atom stereocenters. The summed E-state index contributed by atoms with van der Waals surface area (Å²) >= 11 is 0. The number of aromatic amines is 1. The Morgan fingerprint density at radius 1 is 1.13 bits per heavy atom. The molecule has 120 valence electrons. The first-order valence-electron chi connectivity index (χ1n) is 7.48. The summed E-state index contributed by atoms with van der Waals surface area (Å²) in [5.41, 5.74) is 2.51. The van der Waals surface area contributed by atoms with Crippen molar-refractivity contribution in [1.82, 2.24) is 4.98 Å². The van der Waals surface area contributed by atoms with Gasteiger partial charge in [0.1, 0.15) is 5.69 Å². The highest BCUT2D eigenvalue weighted by Crippen LogP contribution is 2.31. The number of benzene rings is 1. The molecule has 23 heavy (non-hydrogen) atoms. The summed E-state index contributed by atoms with van der Waals surface area (Å²) in [6.07, 6.45) is 1.57. The average molecular weight is 314 g/mol. The molecule has 0 unspecified atom stereocenters. The average Bonchev–Trinajstić information content (AvgIpc) is 3.11. The van der Waals surface area contributed by atoms with Crippen LogP contribution in [-0.4, -0.2) is 24.1 Å². The summed E-state index contributed by atoms with van der Waals surface area (Å²) in [6.45, 7) is 4.87. The number of aromatic nitrogens is 1. The Balaban J connectivity index is 1.79. The predicted molar refractivity (Wildman–Crippen MR) is 87.3 cm³/mol. The molecule has 6 heteroatoms. The number of amides is 1. The maximum absolute atomic E-state index is 12.3. The molecule has 3 rings (SSSR count). The zero-order chi connectivity index (χ0) is 16.2. The lowest BCUT2D eigenvalue weighted by Crippen LogP contribution is -2.12. The van der Waals surface area contributed by atoms with Gasteiger partial charge in [0.25, 0.3) is 5.91 Å². The molecule has 2 aromatic heterocycles. The summed E-state index contributed by atoms with van der Waals surface area (Å²) in [5.74, 6) is 1.01. The quantitative estimate of drug-likeness (QED) is 0.725. The van der Waals surface area contributed by atoms with Crippen LogP contribution in [0.25, 0.3) is 11.1 Å². The van der Waals surface area contributed by atoms with Crippen LogP contribution in [0.5, 0.6) is 11.5 Å². The van der Waals surface area contributed by atoms with E-state index in [-0.39, 0.29) is 5.91 Å². The molecule has 2 heterocycles. The van der Waals surface area contributed by atoms with Crippen LogP contribution in [0, 0.1) is 0 Å². The first-order chi connectivity index (χ1) is 11.2. The van der Waals surface area contributed by atoms with E-state index in [1.165, 1.54) is 0 Å². The summed E-state index contributed by atoms with van der Waals surface area (Å²) in [7, 11) is 0. The highest BCUT2D eigenvalue weighted by molar-refractivity contribution is 6.05. The van der Waals surface area contributed by atoms with Crippen molar-refractivity contribution in [3.05, 3.63) is 42.3 Å². The lowest BCUT2D eigenvalue weighted by atomic mass is 10.2. The Hall–Kier alpha value is -2.89. The van der Waals surface area contributed by atoms with Gasteiger partial charge in [-0.3, -0.25) is 4.79 Å². The largest absolute Gasteiger partial charge is 0.490 e. The minimum Gasteiger partial charge on any atom is -0.490 e. The third-order valence-electron chi connectivity index (χ3n) is 3.29. The van der Waals surface area contributed by atoms with Gasteiger partial charge >= 0.3 is 0 Å². The standard InChI is InChI=1S/C17H18N2O4/c1-3-21-14-6-5-11(9-16(14)22-4-2)18-17(20)13-10-15-12(19-13)7-8-23-15/h5-10,19H,3-4H2,1-2H3,(H,18,20). The van der Waals surface area contributed by atoms with E-state index in [4.69, 9.17) is 13.9 Å². The van der Waals surface area contributed by atoms with E-state index in [0.29, 0.717) is 41.7 Å². The van der Waals surface area contributed by atoms with Crippen LogP contribution < -0.4 is 14.8 Å². The molecule has 0 aliphatic rings. The smallest absolute Gasteiger partial charge is 0.272 e. The van der Waals surface area contributed by atoms with Crippen molar-refractivity contribution >= 4 is 22.7 Å². The molecule has 1 aromatic carbocycles. The van der Waals surface area contributed by atoms with Crippen LogP contribution in [-0.2, 0) is 0 Å². The van der Waals surface area contributed by atoms with E-state index in [1.807, 2.05) is 13.8 Å². The monoisotopic (exact) mass is 314 g/mol. The Bertz CT molecular complexity index is 790. The van der Waals surface area contributed by atoms with Crippen LogP contribution in [0.1, 0.15) is 24.3 Å². The van der Waals surface area contributed by atoms with Crippen molar-refractivity contribution in [2.75, 3.05) is 18.5 Å². The maximum Gasteiger partial charge on any atom is 0.272 e. The van der Waals surface area contributed by atoms with Crippen LogP contribution >= 0.6 is 0 Å². The fourth-order valence-electron chi connectivity index (χ4n) is 2.30. The van der Waals surface area contributed by atoms with Crippen molar-refractivity contribution in [3.8, 4) is 11.5 Å². The van der Waals surface area contributed by atoms with E-state index in [0.717, 1.165) is 5.52 Å². The number of ether oxygens (including phenoxy) is 2. The van der Waals surface area contributed by atoms with E-state index >= 15 is 0 Å². The molecule has 3 aromatic rings. The molecule has 0 bridgehead atoms. The number of fused-ring (bicyclic) bond motifs is 1. The van der Waals surface area contributed by atoms with Gasteiger partial charge in [-0.15, -0.1) is 0 Å². The number of carbonyl (C=O) groups is 1. The Kier molecular flexibility index (Phi) is 4.23. The van der Waals surface area contributed by atoms with Gasteiger partial charge in [-0.25, -0.2) is 0 Å². The number of furan rings is 1. The van der Waals surface area contributed by atoms with Crippen LogP contribution in [0.15, 0.2) is 41.0 Å². The highest BCUT2D eigenvalue weighted by atomic mass is 16.5. The highest BCUT2D eigenvalue weighted by Gasteiger charge is 2.13. The van der Waals surface area contributed by atoms with Gasteiger partial charge in [0, 0.05) is 23.9 Å². The van der Waals surface area contributed by atoms with Gasteiger partial charge in [-0.05, 0) is 26.0 Å². The maximum atomic E-state index is 12.3. The SMILES string of the molecule is CCOc1ccc(NC(=O)c2cc3occc3[nH]2)cc1OCC. The Labute approximate surface area is 133 Å². The third-order valence-corrected chi connectivity index (χ3v) is 3.29. The van der Waals surface area contributed by atoms with Gasteiger partial charge in [-0.1, -0.05) is 0 Å². The lowest BCUT2D eigenvalue weighted by molar-refractivity contribution is 0.102. The molecule has 0 aliphatic heterocycles. The van der Waals surface area contributed by atoms with Crippen LogP contribution in [0.3, 0.4) is 0 Å². The van der Waals surface area contributed by atoms with E-state index in [1.54, 1.807) is 36.6 Å². The second kappa shape index (κ2) is 6.48. The number of hydrogen-bond donors (Lipinski definition) is 2. The van der Waals surface area contributed by atoms with Crippen LogP contribution in [0.2, 0.25) is 0 Å². The number of nitrogens with one attached hydrogen (secondary N) is 2. The minimum atomic E-state index is -0.247. The first-order valence-corrected chi connectivity index (χ1v) is 7.48. The van der Waals surface area contributed by atoms with E-state index in [2.05, 4.69) is 10.3 Å². The summed E-state index contributed by atoms with van der Waals surface area (Å²) in [4.78, 5) is 15.3. The molecule has 1 amide bonds. The molecule has 2 N–H and O–H groups in total. The summed E-state index contributed by atoms with van der Waals surface area (Å²) in [5, 5.41) is 2.83. The van der Waals surface area contributed by atoms with Crippen LogP contribution in [0.4, 0.5) is 5.69 Å². The van der Waals surface area contributed by atoms with Crippen molar-refractivity contribution in [1.29, 1.82) is 0 Å². The zero-order valence-corrected chi connectivity index (χ0v) is 13.0. The van der Waals surface area contributed by atoms with Gasteiger partial charge < -0.3 is 24.2 Å². The number of anilines is 1. The number of hydrogen-bond acceptors (Lipinski definition) is 4. The first kappa shape index (κ1) is 15.0. The molecular weight excluding hydrogens is 296 g/mol. The minimum absolute atomic E-state index is 0.247. The third kappa shape index (κ3) is 3.15. The fourth-order valence-corrected chi connectivity index (χ4v) is 2.30. The summed E-state index contributed by atoms with van der Waals surface area (Å²) in [6, 6.07) is 8.75. The second-order valence-corrected chi connectivity index (χ2v) is 4.86. The van der Waals surface area contributed by atoms with Gasteiger partial charge in [-0.2, -0.15) is 0 Å². The van der Waals surface area contributed by atoms with Crippen molar-refractivity contribution in [3.63, 3.8) is 0 Å². The Morgan fingerprint density at radius 2 is 1.91 bits per heavy atom. The molecule has 6 nitrogen and oxygen atoms in total. The summed E-state index contributed by atoms with van der Waals surface area (Å²) < 4.78 is 16.3. The second-order valence-electron chi connectivity index (χ2n) is 4.86. The molecule has 0 saturated heterocycles. The number of carbonyl (C=O) groups excluding carboxylic acids is 1. The van der Waals surface area contributed by atoms with Gasteiger partial charge in [0.15, 0.2) is 17.1 Å². The molecule has 0 radical (unpaired) electrons. The Morgan fingerprint density at radius 3 is 2.65 bits per heavy atom. The lowest BCUT2D eigenvalue weighted by Gasteiger charge is -2.12. The fraction of sp³-hybridized carbons (Fsp3) is 0.235. The predicted octanol–water partition coefficient (Wildman–Crippen LogP) is 3.81. The normalized spacial score (nSPS) is 10.7.